The highest BCUT2D eigenvalue weighted by molar-refractivity contribution is 6.48. The van der Waals surface area contributed by atoms with Crippen molar-refractivity contribution in [3.63, 3.8) is 0 Å². The molecule has 28 nitrogen and oxygen atoms in total. The van der Waals surface area contributed by atoms with E-state index < -0.39 is 28.5 Å². The van der Waals surface area contributed by atoms with Gasteiger partial charge in [0.25, 0.3) is 0 Å². The summed E-state index contributed by atoms with van der Waals surface area (Å²) in [5.74, 6) is 2.25. The van der Waals surface area contributed by atoms with Gasteiger partial charge in [-0.15, -0.1) is 0 Å². The third-order valence-electron chi connectivity index (χ3n) is 24.8. The molecule has 4 saturated carbocycles. The third-order valence-corrected chi connectivity index (χ3v) is 24.8. The number of urea groups is 2. The fourth-order valence-corrected chi connectivity index (χ4v) is 18.2. The van der Waals surface area contributed by atoms with Gasteiger partial charge in [0.15, 0.2) is 23.1 Å². The number of ketones is 8. The molecule has 4 amide bonds. The average Bonchev–Trinajstić information content (AvgIpc) is 0.802. The SMILES string of the molecule is CC(=O)c1cccc2c1OB(O)[C@@H](CC(=O)CC1CC(NC(=O)NCCN)C1)C2.CC(=O)c1cccc2c1OB(O)[C@@H](CC(=O)CC1CCC(NC(=O)NCCN)CC1)C2.CC(=O)c1cccc2c1OB(O)[C@@H](CC(=O)CC1CCC(NCCCCCO)CC1)C2.CC(=O)c1cccc2c1OB(O)[C@@H](CC(=O)CC1CCC(NCCCN)CC1)C2. The van der Waals surface area contributed by atoms with E-state index in [-0.39, 0.29) is 119 Å². The first-order valence-corrected chi connectivity index (χ1v) is 43.9. The number of aliphatic hydroxyl groups excluding tert-OH is 1. The fraction of sp³-hybridized carbons (Fsp3) is 0.614. The molecule has 32 heteroatoms. The molecule has 0 bridgehead atoms. The number of hydrogen-bond donors (Lipinski definition) is 14. The van der Waals surface area contributed by atoms with Crippen molar-refractivity contribution < 1.29 is 91.8 Å². The van der Waals surface area contributed by atoms with Gasteiger partial charge in [0.1, 0.15) is 46.1 Å². The molecule has 4 aromatic carbocycles. The van der Waals surface area contributed by atoms with Crippen LogP contribution in [0.3, 0.4) is 0 Å². The smallest absolute Gasteiger partial charge is 0.526 e. The Bertz CT molecular complexity index is 4080. The molecule has 4 atom stereocenters. The normalized spacial score (nSPS) is 23.2. The van der Waals surface area contributed by atoms with Crippen LogP contribution in [0.2, 0.25) is 23.3 Å². The van der Waals surface area contributed by atoms with Crippen LogP contribution in [0.15, 0.2) is 72.8 Å². The van der Waals surface area contributed by atoms with Crippen molar-refractivity contribution in [3.05, 3.63) is 117 Å². The van der Waals surface area contributed by atoms with E-state index in [0.717, 1.165) is 151 Å². The number of nitrogens with one attached hydrogen (secondary N) is 6. The van der Waals surface area contributed by atoms with Gasteiger partial charge in [0.05, 0.1) is 22.3 Å². The van der Waals surface area contributed by atoms with Crippen LogP contribution < -0.4 is 67.7 Å². The van der Waals surface area contributed by atoms with Crippen LogP contribution in [-0.4, -0.2) is 189 Å². The van der Waals surface area contributed by atoms with Crippen LogP contribution in [0.5, 0.6) is 23.0 Å². The number of benzene rings is 4. The first-order chi connectivity index (χ1) is 57.7. The molecule has 4 aromatic rings. The van der Waals surface area contributed by atoms with E-state index in [9.17, 15) is 68.0 Å². The minimum atomic E-state index is -1.10. The Labute approximate surface area is 708 Å². The lowest BCUT2D eigenvalue weighted by molar-refractivity contribution is -0.121. The first-order valence-electron chi connectivity index (χ1n) is 43.9. The van der Waals surface area contributed by atoms with Crippen molar-refractivity contribution >= 4 is 86.8 Å². The van der Waals surface area contributed by atoms with E-state index in [1.54, 1.807) is 36.4 Å². The van der Waals surface area contributed by atoms with Crippen molar-refractivity contribution in [2.45, 2.75) is 268 Å². The van der Waals surface area contributed by atoms with Gasteiger partial charge in [-0.1, -0.05) is 48.5 Å². The number of carbonyl (C=O) groups excluding carboxylic acids is 10. The van der Waals surface area contributed by atoms with Crippen molar-refractivity contribution in [2.75, 3.05) is 52.4 Å². The Morgan fingerprint density at radius 3 is 0.933 bits per heavy atom. The van der Waals surface area contributed by atoms with Gasteiger partial charge in [-0.2, -0.15) is 0 Å². The number of aliphatic hydroxyl groups is 1. The van der Waals surface area contributed by atoms with Crippen LogP contribution in [-0.2, 0) is 44.9 Å². The second-order valence-electron chi connectivity index (χ2n) is 34.5. The molecule has 0 aromatic heterocycles. The van der Waals surface area contributed by atoms with Crippen molar-refractivity contribution in [2.24, 2.45) is 40.9 Å². The Morgan fingerprint density at radius 1 is 0.350 bits per heavy atom. The molecule has 4 aliphatic heterocycles. The lowest BCUT2D eigenvalue weighted by Crippen LogP contribution is -2.49. The largest absolute Gasteiger partial charge is 0.535 e. The number of nitrogens with two attached hydrogens (primary N) is 3. The molecule has 0 spiro atoms. The van der Waals surface area contributed by atoms with Crippen molar-refractivity contribution in [1.82, 2.24) is 31.9 Å². The predicted molar refractivity (Wildman–Crippen MR) is 463 cm³/mol. The average molecular weight is 1660 g/mol. The van der Waals surface area contributed by atoms with Crippen LogP contribution >= 0.6 is 0 Å². The number of Topliss-reactive ketones (excluding diaryl/α,β-unsaturated/α-hetero) is 8. The number of carbonyl (C=O) groups is 10. The maximum atomic E-state index is 12.7. The maximum Gasteiger partial charge on any atom is 0.526 e. The molecule has 4 aliphatic carbocycles. The van der Waals surface area contributed by atoms with E-state index in [4.69, 9.17) is 40.9 Å². The zero-order valence-corrected chi connectivity index (χ0v) is 70.7. The van der Waals surface area contributed by atoms with E-state index in [1.807, 2.05) is 36.4 Å². The quantitative estimate of drug-likeness (QED) is 0.0115. The highest BCUT2D eigenvalue weighted by Crippen LogP contribution is 2.43. The monoisotopic (exact) mass is 1660 g/mol. The number of fused-ring (bicyclic) bond motifs is 4. The topological polar surface area (TPSA) is 459 Å². The molecule has 652 valence electrons. The number of hydrogen-bond acceptors (Lipinski definition) is 24. The summed E-state index contributed by atoms with van der Waals surface area (Å²) in [6.45, 7) is 10.6. The van der Waals surface area contributed by atoms with Gasteiger partial charge < -0.3 is 92.9 Å². The van der Waals surface area contributed by atoms with E-state index in [2.05, 4.69) is 31.9 Å². The van der Waals surface area contributed by atoms with Crippen molar-refractivity contribution in [1.29, 1.82) is 0 Å². The summed E-state index contributed by atoms with van der Waals surface area (Å²) >= 11 is 0. The highest BCUT2D eigenvalue weighted by Gasteiger charge is 2.43. The van der Waals surface area contributed by atoms with E-state index in [0.29, 0.717) is 172 Å². The molecular weight excluding hydrogens is 1530 g/mol. The predicted octanol–water partition coefficient (Wildman–Crippen LogP) is 8.76. The Hall–Kier alpha value is -8.16. The summed E-state index contributed by atoms with van der Waals surface area (Å²) in [5, 5.41) is 68.8. The summed E-state index contributed by atoms with van der Waals surface area (Å²) < 4.78 is 22.5. The Morgan fingerprint density at radius 2 is 0.642 bits per heavy atom. The lowest BCUT2D eigenvalue weighted by Gasteiger charge is -2.36. The van der Waals surface area contributed by atoms with Crippen LogP contribution in [0.4, 0.5) is 9.59 Å². The molecule has 0 saturated heterocycles. The van der Waals surface area contributed by atoms with Gasteiger partial charge in [-0.25, -0.2) is 9.59 Å². The molecule has 17 N–H and O–H groups in total. The van der Waals surface area contributed by atoms with Crippen molar-refractivity contribution in [3.8, 4) is 23.0 Å². The minimum Gasteiger partial charge on any atom is -0.535 e. The van der Waals surface area contributed by atoms with Gasteiger partial charge in [-0.05, 0) is 259 Å². The molecular formula is C88H129B4N9O19. The standard InChI is InChI=1S/C24H36BNO5.C22H32BN3O5.C22H33BN2O4.C20H28BN3O5/c1-17(28)23-7-5-6-19-15-20(25(30)31-24(19)23)16-22(29)14-18-8-10-21(11-9-18)26-12-3-2-4-13-27;1-14(27)20-4-2-3-16-12-17(23(30)31-21(16)20)13-19(28)11-15-5-7-18(8-6-15)26-22(29)25-10-9-24;1-15(26)21-5-2-4-17-13-18(23(28)29-22(17)21)14-20(27)12-16-6-8-19(9-7-16)25-11-3-10-24;1-12(25)18-4-2-3-14-10-15(21(28)29-19(14)18)11-17(26)9-13-7-16(8-13)24-20(27)23-6-5-22/h5-7,18,20-21,26-27,30H,2-4,8-16H2,1H3;2-4,15,17-18,30H,5-13,24H2,1H3,(H2,25,26,29);2,4-5,16,18-19,25,28H,3,6-14,24H2,1H3;2-4,13,15-16,28H,5-11,22H2,1H3,(H2,23,24,27)/t18?,20-,21?;15?,17-,18?;16?,18-,19?;13?,15-,16?/m1111/s1. The summed E-state index contributed by atoms with van der Waals surface area (Å²) in [7, 11) is -4.30. The summed E-state index contributed by atoms with van der Waals surface area (Å²) in [4.78, 5) is 121. The molecule has 4 fully saturated rings. The fourth-order valence-electron chi connectivity index (χ4n) is 18.2. The molecule has 4 heterocycles. The summed E-state index contributed by atoms with van der Waals surface area (Å²) in [6, 6.07) is 22.5. The summed E-state index contributed by atoms with van der Waals surface area (Å²) in [5.41, 5.74) is 21.6. The highest BCUT2D eigenvalue weighted by atomic mass is 16.5. The number of rotatable bonds is 36. The van der Waals surface area contributed by atoms with Crippen LogP contribution in [0.25, 0.3) is 0 Å². The lowest BCUT2D eigenvalue weighted by atomic mass is 9.63. The Balaban J connectivity index is 0.000000182. The zero-order valence-electron chi connectivity index (χ0n) is 70.7. The molecule has 0 radical (unpaired) electrons. The maximum absolute atomic E-state index is 12.7. The molecule has 12 rings (SSSR count). The zero-order chi connectivity index (χ0) is 86.4. The summed E-state index contributed by atoms with van der Waals surface area (Å²) in [6.07, 6.45) is 23.1. The third kappa shape index (κ3) is 29.6. The molecule has 8 aliphatic rings. The first kappa shape index (κ1) is 95.7. The van der Waals surface area contributed by atoms with E-state index in [1.165, 1.54) is 27.7 Å². The van der Waals surface area contributed by atoms with Gasteiger partial charge in [0, 0.05) is 132 Å². The molecule has 120 heavy (non-hydrogen) atoms. The number of unbranched alkanes of at least 4 members (excludes halogenated alkanes) is 2. The van der Waals surface area contributed by atoms with Crippen LogP contribution in [0, 0.1) is 23.7 Å². The second kappa shape index (κ2) is 48.6. The molecule has 0 unspecified atom stereocenters. The minimum absolute atomic E-state index is 0.0832. The number of para-hydroxylation sites is 4. The van der Waals surface area contributed by atoms with Gasteiger partial charge >= 0.3 is 40.5 Å². The van der Waals surface area contributed by atoms with Gasteiger partial charge in [-0.3, -0.25) is 38.4 Å². The Kier molecular flexibility index (Phi) is 38.8. The second-order valence-corrected chi connectivity index (χ2v) is 34.5. The van der Waals surface area contributed by atoms with E-state index >= 15 is 0 Å². The number of amides is 4. The van der Waals surface area contributed by atoms with Gasteiger partial charge in [0.2, 0.25) is 0 Å². The van der Waals surface area contributed by atoms with Crippen LogP contribution in [0.1, 0.15) is 258 Å².